The third-order valence-corrected chi connectivity index (χ3v) is 3.84. The summed E-state index contributed by atoms with van der Waals surface area (Å²) in [4.78, 5) is 24.8. The number of amides is 1. The normalized spacial score (nSPS) is 18.0. The second-order valence-electron chi connectivity index (χ2n) is 5.39. The predicted molar refractivity (Wildman–Crippen MR) is 70.0 cm³/mol. The Labute approximate surface area is 115 Å². The molecule has 2 aromatic heterocycles. The number of aromatic nitrogens is 3. The van der Waals surface area contributed by atoms with Crippen LogP contribution in [0.3, 0.4) is 0 Å². The van der Waals surface area contributed by atoms with Gasteiger partial charge in [0.25, 0.3) is 0 Å². The number of fused-ring (bicyclic) bond motifs is 1. The Balaban J connectivity index is 1.43. The van der Waals surface area contributed by atoms with Crippen molar-refractivity contribution in [2.75, 3.05) is 5.32 Å². The molecule has 6 nitrogen and oxygen atoms in total. The molecule has 0 bridgehead atoms. The van der Waals surface area contributed by atoms with E-state index >= 15 is 0 Å². The summed E-state index contributed by atoms with van der Waals surface area (Å²) >= 11 is 0. The molecule has 0 radical (unpaired) electrons. The van der Waals surface area contributed by atoms with Crippen molar-refractivity contribution in [2.24, 2.45) is 5.92 Å². The van der Waals surface area contributed by atoms with E-state index in [1.165, 1.54) is 0 Å². The van der Waals surface area contributed by atoms with Crippen LogP contribution in [-0.4, -0.2) is 20.9 Å². The average Bonchev–Trinajstić information content (AvgIpc) is 3.04. The Morgan fingerprint density at radius 2 is 1.85 bits per heavy atom. The number of oxazole rings is 1. The highest BCUT2D eigenvalue weighted by atomic mass is 16.4. The van der Waals surface area contributed by atoms with Crippen molar-refractivity contribution in [3.63, 3.8) is 0 Å². The molecule has 6 heteroatoms. The van der Waals surface area contributed by atoms with Crippen molar-refractivity contribution in [3.05, 3.63) is 35.7 Å². The first-order chi connectivity index (χ1) is 9.79. The lowest BCUT2D eigenvalue weighted by Crippen LogP contribution is -2.23. The van der Waals surface area contributed by atoms with Crippen molar-refractivity contribution in [3.8, 4) is 0 Å². The topological polar surface area (TPSA) is 80.9 Å². The molecular formula is C14H14N4O2. The van der Waals surface area contributed by atoms with Gasteiger partial charge in [0.1, 0.15) is 5.76 Å². The molecule has 4 rings (SSSR count). The van der Waals surface area contributed by atoms with Gasteiger partial charge in [0, 0.05) is 37.1 Å². The van der Waals surface area contributed by atoms with Crippen LogP contribution in [0, 0.1) is 5.92 Å². The van der Waals surface area contributed by atoms with E-state index in [0.717, 1.165) is 30.0 Å². The summed E-state index contributed by atoms with van der Waals surface area (Å²) in [7, 11) is 0. The van der Waals surface area contributed by atoms with E-state index in [1.807, 2.05) is 0 Å². The highest BCUT2D eigenvalue weighted by molar-refractivity contribution is 5.91. The number of carbonyl (C=O) groups excluding carboxylic acids is 1. The lowest BCUT2D eigenvalue weighted by molar-refractivity contribution is -0.119. The van der Waals surface area contributed by atoms with Crippen LogP contribution in [0.25, 0.3) is 0 Å². The molecule has 1 fully saturated rings. The molecule has 1 amide bonds. The first-order valence-corrected chi connectivity index (χ1v) is 6.85. The quantitative estimate of drug-likeness (QED) is 0.918. The molecule has 0 unspecified atom stereocenters. The molecule has 1 saturated carbocycles. The molecule has 102 valence electrons. The summed E-state index contributed by atoms with van der Waals surface area (Å²) in [5, 5.41) is 2.75. The summed E-state index contributed by atoms with van der Waals surface area (Å²) < 4.78 is 5.54. The van der Waals surface area contributed by atoms with Crippen LogP contribution in [0.4, 0.5) is 6.01 Å². The Hall–Kier alpha value is -2.24. The van der Waals surface area contributed by atoms with Crippen LogP contribution in [0.1, 0.15) is 35.9 Å². The van der Waals surface area contributed by atoms with Crippen LogP contribution in [0.15, 0.2) is 23.0 Å². The zero-order chi connectivity index (χ0) is 13.5. The number of anilines is 1. The fourth-order valence-electron chi connectivity index (χ4n) is 2.57. The highest BCUT2D eigenvalue weighted by Crippen LogP contribution is 2.40. The maximum atomic E-state index is 12.2. The third kappa shape index (κ3) is 2.07. The van der Waals surface area contributed by atoms with E-state index in [2.05, 4.69) is 20.3 Å². The number of hydrogen-bond acceptors (Lipinski definition) is 5. The molecule has 0 spiro atoms. The van der Waals surface area contributed by atoms with Gasteiger partial charge in [-0.1, -0.05) is 0 Å². The van der Waals surface area contributed by atoms with Crippen LogP contribution in [0.5, 0.6) is 0 Å². The van der Waals surface area contributed by atoms with E-state index in [1.54, 1.807) is 18.6 Å². The van der Waals surface area contributed by atoms with Crippen LogP contribution in [0.2, 0.25) is 0 Å². The smallest absolute Gasteiger partial charge is 0.301 e. The zero-order valence-corrected chi connectivity index (χ0v) is 10.9. The Morgan fingerprint density at radius 1 is 1.15 bits per heavy atom. The molecule has 0 aliphatic heterocycles. The van der Waals surface area contributed by atoms with Crippen molar-refractivity contribution >= 4 is 11.9 Å². The van der Waals surface area contributed by atoms with E-state index in [9.17, 15) is 4.79 Å². The first kappa shape index (κ1) is 11.6. The minimum absolute atomic E-state index is 0.0750. The van der Waals surface area contributed by atoms with Gasteiger partial charge in [-0.3, -0.25) is 20.1 Å². The van der Waals surface area contributed by atoms with Gasteiger partial charge in [-0.25, -0.2) is 4.98 Å². The predicted octanol–water partition coefficient (Wildman–Crippen LogP) is 1.70. The second kappa shape index (κ2) is 4.40. The number of rotatable bonds is 3. The fraction of sp³-hybridized carbons (Fsp3) is 0.429. The van der Waals surface area contributed by atoms with Gasteiger partial charge in [0.15, 0.2) is 0 Å². The molecule has 2 aliphatic rings. The molecule has 20 heavy (non-hydrogen) atoms. The number of nitrogens with one attached hydrogen (secondary N) is 1. The molecule has 0 saturated heterocycles. The van der Waals surface area contributed by atoms with Gasteiger partial charge >= 0.3 is 6.01 Å². The Morgan fingerprint density at radius 3 is 2.50 bits per heavy atom. The summed E-state index contributed by atoms with van der Waals surface area (Å²) in [5.41, 5.74) is 1.83. The summed E-state index contributed by atoms with van der Waals surface area (Å²) in [5.74, 6) is 1.16. The van der Waals surface area contributed by atoms with Gasteiger partial charge in [0.2, 0.25) is 5.91 Å². The summed E-state index contributed by atoms with van der Waals surface area (Å²) in [6.07, 6.45) is 8.59. The third-order valence-electron chi connectivity index (χ3n) is 3.84. The van der Waals surface area contributed by atoms with Gasteiger partial charge < -0.3 is 4.42 Å². The highest BCUT2D eigenvalue weighted by Gasteiger charge is 2.31. The minimum Gasteiger partial charge on any atom is -0.428 e. The Bertz CT molecular complexity index is 638. The second-order valence-corrected chi connectivity index (χ2v) is 5.39. The van der Waals surface area contributed by atoms with E-state index in [-0.39, 0.29) is 11.8 Å². The van der Waals surface area contributed by atoms with Crippen molar-refractivity contribution in [2.45, 2.75) is 31.6 Å². The summed E-state index contributed by atoms with van der Waals surface area (Å²) in [6, 6.07) is 0.300. The van der Waals surface area contributed by atoms with Crippen LogP contribution in [-0.2, 0) is 17.6 Å². The molecule has 0 atom stereocenters. The monoisotopic (exact) mass is 270 g/mol. The number of carbonyl (C=O) groups is 1. The fourth-order valence-corrected chi connectivity index (χ4v) is 2.57. The first-order valence-electron chi connectivity index (χ1n) is 6.85. The van der Waals surface area contributed by atoms with E-state index < -0.39 is 0 Å². The zero-order valence-electron chi connectivity index (χ0n) is 10.9. The van der Waals surface area contributed by atoms with Gasteiger partial charge in [0.05, 0.1) is 17.6 Å². The average molecular weight is 270 g/mol. The van der Waals surface area contributed by atoms with Crippen molar-refractivity contribution in [1.29, 1.82) is 0 Å². The Kier molecular flexibility index (Phi) is 2.55. The standard InChI is InChI=1S/C14H14N4O2/c19-13(9-5-10-11(6-9)16-4-3-15-10)18-14-17-7-12(20-14)8-1-2-8/h3-4,7-9H,1-2,5-6H2,(H,17,18,19). The number of hydrogen-bond donors (Lipinski definition) is 1. The number of nitrogens with zero attached hydrogens (tertiary/aromatic N) is 3. The molecule has 2 aliphatic carbocycles. The van der Waals surface area contributed by atoms with Crippen LogP contribution >= 0.6 is 0 Å². The van der Waals surface area contributed by atoms with Gasteiger partial charge in [-0.15, -0.1) is 0 Å². The molecule has 1 N–H and O–H groups in total. The van der Waals surface area contributed by atoms with Gasteiger partial charge in [-0.2, -0.15) is 0 Å². The maximum Gasteiger partial charge on any atom is 0.301 e. The van der Waals surface area contributed by atoms with E-state index in [0.29, 0.717) is 24.8 Å². The lowest BCUT2D eigenvalue weighted by Gasteiger charge is -2.06. The van der Waals surface area contributed by atoms with Gasteiger partial charge in [-0.05, 0) is 12.8 Å². The summed E-state index contributed by atoms with van der Waals surface area (Å²) in [6.45, 7) is 0. The largest absolute Gasteiger partial charge is 0.428 e. The maximum absolute atomic E-state index is 12.2. The van der Waals surface area contributed by atoms with Crippen molar-refractivity contribution in [1.82, 2.24) is 15.0 Å². The van der Waals surface area contributed by atoms with Crippen molar-refractivity contribution < 1.29 is 9.21 Å². The molecule has 2 heterocycles. The molecular weight excluding hydrogens is 256 g/mol. The van der Waals surface area contributed by atoms with E-state index in [4.69, 9.17) is 4.42 Å². The lowest BCUT2D eigenvalue weighted by atomic mass is 10.1. The molecule has 0 aromatic carbocycles. The van der Waals surface area contributed by atoms with Crippen LogP contribution < -0.4 is 5.32 Å². The minimum atomic E-state index is -0.135. The SMILES string of the molecule is O=C(Nc1ncc(C2CC2)o1)C1Cc2nccnc2C1. The molecule has 2 aromatic rings.